The Kier molecular flexibility index (Phi) is 7.37. The van der Waals surface area contributed by atoms with Gasteiger partial charge in [-0.1, -0.05) is 46.8 Å². The smallest absolute Gasteiger partial charge is 0.302 e. The first kappa shape index (κ1) is 27.5. The van der Waals surface area contributed by atoms with Gasteiger partial charge in [-0.3, -0.25) is 14.4 Å². The summed E-state index contributed by atoms with van der Waals surface area (Å²) in [6.07, 6.45) is 8.16. The molecule has 2 heterocycles. The third kappa shape index (κ3) is 4.20. The maximum Gasteiger partial charge on any atom is 0.302 e. The Hall–Kier alpha value is -1.53. The van der Waals surface area contributed by atoms with Crippen LogP contribution < -0.4 is 0 Å². The zero-order valence-corrected chi connectivity index (χ0v) is 23.2. The van der Waals surface area contributed by atoms with Gasteiger partial charge < -0.3 is 14.6 Å². The van der Waals surface area contributed by atoms with E-state index in [0.717, 1.165) is 12.8 Å². The van der Waals surface area contributed by atoms with Gasteiger partial charge in [0.25, 0.3) is 0 Å². The SMILES string of the molecule is CC(=O)OCCC1(C)C(C(C)C=CC(C)C(C)C)CCC1C1C(=O)C2(C)CCC3CC(=O)C1C2(O)O3. The van der Waals surface area contributed by atoms with Gasteiger partial charge in [0.1, 0.15) is 11.6 Å². The summed E-state index contributed by atoms with van der Waals surface area (Å²) in [5.74, 6) is -1.93. The molecular weight excluding hydrogens is 456 g/mol. The highest BCUT2D eigenvalue weighted by atomic mass is 16.6. The molecule has 2 saturated carbocycles. The van der Waals surface area contributed by atoms with E-state index in [1.807, 2.05) is 0 Å². The van der Waals surface area contributed by atoms with Crippen molar-refractivity contribution in [2.75, 3.05) is 6.61 Å². The summed E-state index contributed by atoms with van der Waals surface area (Å²) in [5, 5.41) is 11.8. The van der Waals surface area contributed by atoms with Crippen LogP contribution in [-0.2, 0) is 23.9 Å². The van der Waals surface area contributed by atoms with E-state index in [4.69, 9.17) is 9.47 Å². The number of esters is 1. The van der Waals surface area contributed by atoms with E-state index in [2.05, 4.69) is 46.8 Å². The number of carbonyl (C=O) groups excluding carboxylic acids is 3. The Balaban J connectivity index is 1.69. The Morgan fingerprint density at radius 3 is 2.47 bits per heavy atom. The lowest BCUT2D eigenvalue weighted by Gasteiger charge is -2.50. The van der Waals surface area contributed by atoms with Gasteiger partial charge in [0.2, 0.25) is 0 Å². The van der Waals surface area contributed by atoms with E-state index in [0.29, 0.717) is 31.1 Å². The molecule has 0 aromatic rings. The molecule has 1 N–H and O–H groups in total. The summed E-state index contributed by atoms with van der Waals surface area (Å²) in [4.78, 5) is 39.1. The highest BCUT2D eigenvalue weighted by Gasteiger charge is 2.75. The Bertz CT molecular complexity index is 924. The number of hydrogen-bond donors (Lipinski definition) is 1. The van der Waals surface area contributed by atoms with Gasteiger partial charge in [0, 0.05) is 19.3 Å². The van der Waals surface area contributed by atoms with Crippen LogP contribution in [0.1, 0.15) is 87.0 Å². The van der Waals surface area contributed by atoms with Crippen molar-refractivity contribution in [3.63, 3.8) is 0 Å². The van der Waals surface area contributed by atoms with Gasteiger partial charge in [-0.25, -0.2) is 0 Å². The fraction of sp³-hybridized carbons (Fsp3) is 0.833. The number of allylic oxidation sites excluding steroid dienone is 2. The van der Waals surface area contributed by atoms with Crippen LogP contribution in [0.15, 0.2) is 12.2 Å². The first-order valence-electron chi connectivity index (χ1n) is 14.0. The highest BCUT2D eigenvalue weighted by molar-refractivity contribution is 5.99. The minimum atomic E-state index is -1.71. The number of aliphatic hydroxyl groups is 1. The Morgan fingerprint density at radius 1 is 1.14 bits per heavy atom. The molecule has 6 nitrogen and oxygen atoms in total. The van der Waals surface area contributed by atoms with E-state index in [-0.39, 0.29) is 59.8 Å². The van der Waals surface area contributed by atoms with E-state index in [1.165, 1.54) is 6.92 Å². The molecular formula is C30H46O6. The lowest BCUT2D eigenvalue weighted by molar-refractivity contribution is -0.324. The van der Waals surface area contributed by atoms with Crippen LogP contribution in [0.4, 0.5) is 0 Å². The summed E-state index contributed by atoms with van der Waals surface area (Å²) in [6.45, 7) is 14.6. The maximum absolute atomic E-state index is 14.1. The average Bonchev–Trinajstić information content (AvgIpc) is 3.22. The van der Waals surface area contributed by atoms with E-state index >= 15 is 0 Å². The monoisotopic (exact) mass is 502 g/mol. The normalized spacial score (nSPS) is 43.9. The van der Waals surface area contributed by atoms with Crippen molar-refractivity contribution in [3.05, 3.63) is 12.2 Å². The number of fused-ring (bicyclic) bond motifs is 1. The van der Waals surface area contributed by atoms with Crippen molar-refractivity contribution in [1.29, 1.82) is 0 Å². The molecule has 0 aromatic carbocycles. The lowest BCUT2D eigenvalue weighted by Crippen LogP contribution is -2.61. The molecule has 202 valence electrons. The minimum Gasteiger partial charge on any atom is -0.466 e. The maximum atomic E-state index is 14.1. The van der Waals surface area contributed by atoms with E-state index in [9.17, 15) is 19.5 Å². The predicted octanol–water partition coefficient (Wildman–Crippen LogP) is 5.12. The van der Waals surface area contributed by atoms with Gasteiger partial charge in [0.15, 0.2) is 5.79 Å². The number of Topliss-reactive ketones (excluding diaryl/α,β-unsaturated/α-hetero) is 2. The Morgan fingerprint density at radius 2 is 1.83 bits per heavy atom. The standard InChI is InChI=1S/C30H46O6/c1-17(2)18(3)8-9-19(4)22-10-11-23(28(22,6)14-15-35-20(5)31)25-26-24(32)16-21-12-13-29(7,27(25)33)30(26,34)36-21/h8-9,17-19,21-23,25-26,34H,10-16H2,1-7H3. The average molecular weight is 503 g/mol. The molecule has 10 unspecified atom stereocenters. The van der Waals surface area contributed by atoms with Crippen LogP contribution in [-0.4, -0.2) is 41.1 Å². The zero-order valence-electron chi connectivity index (χ0n) is 23.2. The topological polar surface area (TPSA) is 89.9 Å². The number of ketones is 2. The summed E-state index contributed by atoms with van der Waals surface area (Å²) in [6, 6.07) is 0. The molecule has 0 aromatic heterocycles. The zero-order chi connectivity index (χ0) is 26.6. The summed E-state index contributed by atoms with van der Waals surface area (Å²) in [5.41, 5.74) is -1.38. The fourth-order valence-electron chi connectivity index (χ4n) is 8.12. The van der Waals surface area contributed by atoms with Gasteiger partial charge in [-0.2, -0.15) is 0 Å². The van der Waals surface area contributed by atoms with Crippen molar-refractivity contribution in [1.82, 2.24) is 0 Å². The fourth-order valence-corrected chi connectivity index (χ4v) is 8.12. The van der Waals surface area contributed by atoms with Gasteiger partial charge >= 0.3 is 5.97 Å². The van der Waals surface area contributed by atoms with Crippen LogP contribution in [0.5, 0.6) is 0 Å². The number of carbonyl (C=O) groups is 3. The molecule has 2 aliphatic carbocycles. The Labute approximate surface area is 216 Å². The molecule has 0 spiro atoms. The second-order valence-electron chi connectivity index (χ2n) is 13.1. The molecule has 6 heteroatoms. The van der Waals surface area contributed by atoms with Crippen molar-refractivity contribution >= 4 is 17.5 Å². The van der Waals surface area contributed by atoms with Gasteiger partial charge in [-0.15, -0.1) is 0 Å². The van der Waals surface area contributed by atoms with E-state index in [1.54, 1.807) is 6.92 Å². The third-order valence-corrected chi connectivity index (χ3v) is 10.8. The second-order valence-corrected chi connectivity index (χ2v) is 13.1. The molecule has 2 saturated heterocycles. The van der Waals surface area contributed by atoms with Crippen LogP contribution in [0.2, 0.25) is 0 Å². The predicted molar refractivity (Wildman–Crippen MR) is 137 cm³/mol. The third-order valence-electron chi connectivity index (χ3n) is 10.8. The first-order valence-corrected chi connectivity index (χ1v) is 14.0. The molecule has 0 amide bonds. The van der Waals surface area contributed by atoms with Crippen LogP contribution in [0, 0.1) is 52.3 Å². The van der Waals surface area contributed by atoms with Crippen molar-refractivity contribution < 1.29 is 29.0 Å². The molecule has 0 radical (unpaired) electrons. The van der Waals surface area contributed by atoms with Crippen LogP contribution in [0.3, 0.4) is 0 Å². The molecule has 4 fully saturated rings. The minimum absolute atomic E-state index is 0.00955. The first-order chi connectivity index (χ1) is 16.8. The summed E-state index contributed by atoms with van der Waals surface area (Å²) < 4.78 is 11.5. The molecule has 10 atom stereocenters. The van der Waals surface area contributed by atoms with Crippen molar-refractivity contribution in [3.8, 4) is 0 Å². The quantitative estimate of drug-likeness (QED) is 0.366. The summed E-state index contributed by atoms with van der Waals surface area (Å²) in [7, 11) is 0. The van der Waals surface area contributed by atoms with E-state index < -0.39 is 23.0 Å². The summed E-state index contributed by atoms with van der Waals surface area (Å²) >= 11 is 0. The van der Waals surface area contributed by atoms with Crippen LogP contribution >= 0.6 is 0 Å². The molecule has 4 rings (SSSR count). The number of rotatable bonds is 8. The van der Waals surface area contributed by atoms with Crippen molar-refractivity contribution in [2.45, 2.75) is 98.9 Å². The van der Waals surface area contributed by atoms with Crippen LogP contribution in [0.25, 0.3) is 0 Å². The largest absolute Gasteiger partial charge is 0.466 e. The van der Waals surface area contributed by atoms with Gasteiger partial charge in [0.05, 0.1) is 24.0 Å². The molecule has 4 aliphatic rings. The second kappa shape index (κ2) is 9.65. The molecule has 2 bridgehead atoms. The number of ether oxygens (including phenoxy) is 2. The molecule has 36 heavy (non-hydrogen) atoms. The molecule has 2 aliphatic heterocycles. The number of hydrogen-bond acceptors (Lipinski definition) is 6. The lowest BCUT2D eigenvalue weighted by atomic mass is 9.61. The van der Waals surface area contributed by atoms with Gasteiger partial charge in [-0.05, 0) is 74.0 Å². The highest BCUT2D eigenvalue weighted by Crippen LogP contribution is 2.66. The van der Waals surface area contributed by atoms with Crippen molar-refractivity contribution in [2.24, 2.45) is 52.3 Å².